The number of nitrogens with zero attached hydrogens (tertiary/aromatic N) is 15. The molecule has 5 aliphatic rings. The summed E-state index contributed by atoms with van der Waals surface area (Å²) >= 11 is 0. The fourth-order valence-electron chi connectivity index (χ4n) is 14.5. The average molecular weight is 1350 g/mol. The second kappa shape index (κ2) is 28.5. The number of fused-ring (bicyclic) bond motifs is 3. The summed E-state index contributed by atoms with van der Waals surface area (Å²) in [5.41, 5.74) is 8.59. The smallest absolute Gasteiger partial charge is 0.298 e. The number of likely N-dealkylation sites (tertiary alicyclic amines) is 3. The van der Waals surface area contributed by atoms with Gasteiger partial charge in [0, 0.05) is 97.5 Å². The largest absolute Gasteiger partial charge is 0.457 e. The summed E-state index contributed by atoms with van der Waals surface area (Å²) in [4.78, 5) is 70.7. The van der Waals surface area contributed by atoms with E-state index in [2.05, 4.69) is 59.6 Å². The van der Waals surface area contributed by atoms with Crippen molar-refractivity contribution in [3.05, 3.63) is 226 Å². The van der Waals surface area contributed by atoms with Gasteiger partial charge in [-0.1, -0.05) is 73.0 Å². The lowest BCUT2D eigenvalue weighted by atomic mass is 9.60. The number of hydrogen-bond acceptors (Lipinski definition) is 15. The van der Waals surface area contributed by atoms with Gasteiger partial charge in [0.1, 0.15) is 64.4 Å². The van der Waals surface area contributed by atoms with Crippen molar-refractivity contribution in [2.45, 2.75) is 57.0 Å². The van der Waals surface area contributed by atoms with E-state index >= 15 is 0 Å². The number of para-hydroxylation sites is 3. The number of aromatic nitrogens is 11. The number of benzene rings is 6. The van der Waals surface area contributed by atoms with Crippen molar-refractivity contribution in [2.24, 2.45) is 10.8 Å². The molecule has 6 aromatic carbocycles. The SMILES string of the molecule is C=CC(=O)N1CC[C@@H](c2nc(-c3ccc(Oc4ccccc4)cc3)c3cnccn23)C1.CC#CC(=O)N1CC2(CC(n3nc(-c4ccc(Oc5ccccc5)cc4)c4cncnc43)C2)C1.CN(C)CC#CC(=O)N1CC2(CC(n3nc(-c4ccc(Oc5ccccc5)cc4)c4cncnc43)C2)C1. The molecule has 12 aromatic rings. The molecule has 21 nitrogen and oxygen atoms in total. The Morgan fingerprint density at radius 3 is 1.44 bits per heavy atom. The predicted octanol–water partition coefficient (Wildman–Crippen LogP) is 13.2. The third-order valence-corrected chi connectivity index (χ3v) is 19.4. The highest BCUT2D eigenvalue weighted by molar-refractivity contribution is 5.95. The van der Waals surface area contributed by atoms with Crippen LogP contribution in [0.15, 0.2) is 220 Å². The van der Waals surface area contributed by atoms with E-state index in [0.29, 0.717) is 13.1 Å². The Balaban J connectivity index is 0.000000124. The number of hydrogen-bond donors (Lipinski definition) is 0. The lowest BCUT2D eigenvalue weighted by Gasteiger charge is -2.58. The Hall–Kier alpha value is -12.3. The van der Waals surface area contributed by atoms with Gasteiger partial charge in [0.05, 0.1) is 46.8 Å². The highest BCUT2D eigenvalue weighted by atomic mass is 16.5. The molecule has 102 heavy (non-hydrogen) atoms. The maximum absolute atomic E-state index is 12.3. The van der Waals surface area contributed by atoms with Crippen molar-refractivity contribution in [1.29, 1.82) is 0 Å². The van der Waals surface area contributed by atoms with E-state index in [1.165, 1.54) is 6.08 Å². The van der Waals surface area contributed by atoms with Crippen LogP contribution in [0.4, 0.5) is 0 Å². The quantitative estimate of drug-likeness (QED) is 0.0732. The van der Waals surface area contributed by atoms with Gasteiger partial charge in [-0.15, -0.1) is 0 Å². The number of carbonyl (C=O) groups is 3. The Morgan fingerprint density at radius 1 is 0.559 bits per heavy atom. The van der Waals surface area contributed by atoms with E-state index < -0.39 is 0 Å². The van der Waals surface area contributed by atoms with E-state index in [1.54, 1.807) is 25.8 Å². The van der Waals surface area contributed by atoms with Gasteiger partial charge in [-0.3, -0.25) is 28.7 Å². The molecular weight excluding hydrogens is 1280 g/mol. The number of rotatable bonds is 14. The van der Waals surface area contributed by atoms with Crippen LogP contribution in [0.3, 0.4) is 0 Å². The fourth-order valence-corrected chi connectivity index (χ4v) is 14.5. The van der Waals surface area contributed by atoms with Crippen LogP contribution in [0.2, 0.25) is 0 Å². The van der Waals surface area contributed by atoms with Gasteiger partial charge in [0.2, 0.25) is 5.91 Å². The van der Waals surface area contributed by atoms with Gasteiger partial charge in [-0.05, 0) is 180 Å². The lowest BCUT2D eigenvalue weighted by Crippen LogP contribution is -2.63. The van der Waals surface area contributed by atoms with Crippen LogP contribution in [-0.2, 0) is 14.4 Å². The van der Waals surface area contributed by atoms with Crippen LogP contribution < -0.4 is 14.2 Å². The predicted molar refractivity (Wildman–Crippen MR) is 388 cm³/mol. The molecule has 6 aromatic heterocycles. The molecule has 2 aliphatic carbocycles. The Morgan fingerprint density at radius 2 is 1.00 bits per heavy atom. The molecule has 2 spiro atoms. The first-order valence-electron chi connectivity index (χ1n) is 34.1. The van der Waals surface area contributed by atoms with Gasteiger partial charge < -0.3 is 28.9 Å². The van der Waals surface area contributed by atoms with Crippen LogP contribution in [0, 0.1) is 34.5 Å². The third kappa shape index (κ3) is 13.8. The molecule has 9 heterocycles. The number of imidazole rings is 1. The molecule has 0 unspecified atom stereocenters. The third-order valence-electron chi connectivity index (χ3n) is 19.4. The van der Waals surface area contributed by atoms with Gasteiger partial charge >= 0.3 is 0 Å². The molecule has 0 radical (unpaired) electrons. The zero-order valence-electron chi connectivity index (χ0n) is 56.8. The highest BCUT2D eigenvalue weighted by Crippen LogP contribution is 2.56. The van der Waals surface area contributed by atoms with Crippen molar-refractivity contribution in [2.75, 3.05) is 59.9 Å². The van der Waals surface area contributed by atoms with Crippen LogP contribution in [0.1, 0.15) is 62.9 Å². The van der Waals surface area contributed by atoms with Crippen LogP contribution in [0.25, 0.3) is 61.4 Å². The zero-order chi connectivity index (χ0) is 69.7. The molecule has 0 bridgehead atoms. The van der Waals surface area contributed by atoms with Crippen molar-refractivity contribution in [3.63, 3.8) is 0 Å². The Bertz CT molecular complexity index is 5170. The molecule has 2 saturated carbocycles. The summed E-state index contributed by atoms with van der Waals surface area (Å²) in [6.07, 6.45) is 18.5. The summed E-state index contributed by atoms with van der Waals surface area (Å²) in [6.45, 7) is 10.3. The maximum atomic E-state index is 12.3. The van der Waals surface area contributed by atoms with Crippen LogP contribution >= 0.6 is 0 Å². The van der Waals surface area contributed by atoms with Gasteiger partial charge in [0.15, 0.2) is 11.3 Å². The number of carbonyl (C=O) groups excluding carboxylic acids is 3. The average Bonchev–Trinajstić information content (AvgIpc) is 1.22. The molecule has 21 heteroatoms. The molecule has 3 saturated heterocycles. The first-order valence-corrected chi connectivity index (χ1v) is 34.1. The molecule has 0 N–H and O–H groups in total. The van der Waals surface area contributed by atoms with Crippen molar-refractivity contribution >= 4 is 45.3 Å². The summed E-state index contributed by atoms with van der Waals surface area (Å²) in [6, 6.07) is 53.5. The first-order chi connectivity index (χ1) is 49.9. The zero-order valence-corrected chi connectivity index (χ0v) is 56.8. The molecule has 508 valence electrons. The van der Waals surface area contributed by atoms with E-state index in [1.807, 2.05) is 232 Å². The minimum atomic E-state index is -0.0739. The fraction of sp³-hybridized carbons (Fsp3) is 0.247. The summed E-state index contributed by atoms with van der Waals surface area (Å²) < 4.78 is 23.9. The van der Waals surface area contributed by atoms with E-state index in [0.717, 1.165) is 167 Å². The summed E-state index contributed by atoms with van der Waals surface area (Å²) in [5, 5.41) is 11.8. The van der Waals surface area contributed by atoms with Gasteiger partial charge in [-0.25, -0.2) is 34.3 Å². The monoisotopic (exact) mass is 1350 g/mol. The molecule has 17 rings (SSSR count). The topological polar surface area (TPSA) is 209 Å². The maximum Gasteiger partial charge on any atom is 0.298 e. The van der Waals surface area contributed by atoms with E-state index in [4.69, 9.17) is 29.4 Å². The first kappa shape index (κ1) is 65.6. The van der Waals surface area contributed by atoms with E-state index in [-0.39, 0.29) is 46.6 Å². The summed E-state index contributed by atoms with van der Waals surface area (Å²) in [5.74, 6) is 16.7. The highest BCUT2D eigenvalue weighted by Gasteiger charge is 2.56. The molecule has 5 fully saturated rings. The molecule has 3 aliphatic heterocycles. The minimum absolute atomic E-state index is 0.0285. The van der Waals surface area contributed by atoms with Gasteiger partial charge in [0.25, 0.3) is 11.8 Å². The van der Waals surface area contributed by atoms with E-state index in [9.17, 15) is 14.4 Å². The van der Waals surface area contributed by atoms with Crippen molar-refractivity contribution in [3.8, 4) is 92.0 Å². The Kier molecular flexibility index (Phi) is 18.3. The van der Waals surface area contributed by atoms with Crippen LogP contribution in [-0.4, -0.2) is 151 Å². The van der Waals surface area contributed by atoms with Gasteiger partial charge in [-0.2, -0.15) is 10.2 Å². The Labute approximate surface area is 590 Å². The second-order valence-electron chi connectivity index (χ2n) is 26.9. The normalized spacial score (nSPS) is 16.2. The lowest BCUT2D eigenvalue weighted by molar-refractivity contribution is -0.148. The summed E-state index contributed by atoms with van der Waals surface area (Å²) in [7, 11) is 3.88. The van der Waals surface area contributed by atoms with Crippen molar-refractivity contribution in [1.82, 2.24) is 73.5 Å². The minimum Gasteiger partial charge on any atom is -0.457 e. The number of amides is 3. The van der Waals surface area contributed by atoms with Crippen molar-refractivity contribution < 1.29 is 28.6 Å². The molecule has 1 atom stereocenters. The second-order valence-corrected chi connectivity index (χ2v) is 26.9. The van der Waals surface area contributed by atoms with Crippen LogP contribution in [0.5, 0.6) is 34.5 Å². The molecular formula is C81H73N15O6. The standard InChI is InChI=1S/C29H28N6O2.C27H23N5O2.C25H22N4O2/c1-33(2)14-6-9-26(36)34-18-29(19-34)15-22(16-29)35-28-25(17-30-20-31-28)27(32-35)21-10-12-24(13-11-21)37-23-7-4-3-5-8-23;1-2-6-24(33)31-16-27(17-31)13-20(14-27)32-26-23(15-28-18-29-26)25(30-32)19-9-11-22(12-10-19)34-21-7-4-3-5-8-21;1-2-23(30)28-14-12-19(17-28)25-27-24(22-16-26-13-15-29(22)25)18-8-10-21(11-9-18)31-20-6-4-3-5-7-20/h3-5,7-8,10-13,17,20,22H,14-16,18-19H2,1-2H3;3-5,7-12,15,18,20H,13-14,16-17H2,1H3;2-11,13,15-16,19H,1,12,14,17H2/t;;19-/m..1/s1. The number of ether oxygens (including phenoxy) is 3. The molecule has 3 amide bonds.